The van der Waals surface area contributed by atoms with E-state index in [0.717, 1.165) is 43.2 Å². The van der Waals surface area contributed by atoms with Crippen LogP contribution in [0.2, 0.25) is 0 Å². The highest BCUT2D eigenvalue weighted by atomic mass is 32.2. The Balaban J connectivity index is 0.000000309. The Labute approximate surface area is 130 Å². The number of anilines is 1. The zero-order valence-corrected chi connectivity index (χ0v) is 13.5. The molecule has 0 atom stereocenters. The molecule has 2 heterocycles. The summed E-state index contributed by atoms with van der Waals surface area (Å²) in [5.41, 5.74) is 2.09. The SMILES string of the molecule is CN1CCN(c2cccc3c2OC(=O)C3)CC1.CS(=O)(=O)O. The van der Waals surface area contributed by atoms with E-state index in [1.807, 2.05) is 18.2 Å². The Bertz CT molecular complexity index is 643. The number of nitrogens with zero attached hydrogens (tertiary/aromatic N) is 2. The van der Waals surface area contributed by atoms with Crippen molar-refractivity contribution in [2.75, 3.05) is 44.4 Å². The Morgan fingerprint density at radius 3 is 2.36 bits per heavy atom. The molecule has 0 aliphatic carbocycles. The second-order valence-electron chi connectivity index (χ2n) is 5.44. The number of benzene rings is 1. The smallest absolute Gasteiger partial charge is 0.315 e. The highest BCUT2D eigenvalue weighted by Gasteiger charge is 2.26. The first-order valence-electron chi connectivity index (χ1n) is 6.92. The Kier molecular flexibility index (Phi) is 5.05. The van der Waals surface area contributed by atoms with Gasteiger partial charge in [-0.2, -0.15) is 8.42 Å². The fraction of sp³-hybridized carbons (Fsp3) is 0.500. The zero-order chi connectivity index (χ0) is 16.3. The topological polar surface area (TPSA) is 87.2 Å². The molecule has 0 aromatic heterocycles. The van der Waals surface area contributed by atoms with Crippen molar-refractivity contribution >= 4 is 21.8 Å². The van der Waals surface area contributed by atoms with Crippen molar-refractivity contribution in [2.45, 2.75) is 6.42 Å². The molecule has 3 rings (SSSR count). The van der Waals surface area contributed by atoms with Gasteiger partial charge in [0.1, 0.15) is 0 Å². The van der Waals surface area contributed by atoms with Crippen molar-refractivity contribution in [3.8, 4) is 5.75 Å². The van der Waals surface area contributed by atoms with Crippen LogP contribution in [0.25, 0.3) is 0 Å². The molecule has 0 radical (unpaired) electrons. The standard InChI is InChI=1S/C13H16N2O2.CH4O3S/c1-14-5-7-15(8-6-14)11-4-2-3-10-9-12(16)17-13(10)11;1-5(2,3)4/h2-4H,5-9H2,1H3;1H3,(H,2,3,4). The van der Waals surface area contributed by atoms with Gasteiger partial charge < -0.3 is 14.5 Å². The molecule has 0 spiro atoms. The van der Waals surface area contributed by atoms with Gasteiger partial charge in [-0.25, -0.2) is 0 Å². The average Bonchev–Trinajstić information content (AvgIpc) is 2.78. The maximum atomic E-state index is 11.3. The quantitative estimate of drug-likeness (QED) is 0.454. The molecule has 22 heavy (non-hydrogen) atoms. The number of fused-ring (bicyclic) bond motifs is 1. The molecule has 8 heteroatoms. The Morgan fingerprint density at radius 1 is 1.18 bits per heavy atom. The number of para-hydroxylation sites is 1. The molecule has 1 N–H and O–H groups in total. The molecule has 1 saturated heterocycles. The summed E-state index contributed by atoms with van der Waals surface area (Å²) in [5.74, 6) is 0.642. The molecule has 0 amide bonds. The summed E-state index contributed by atoms with van der Waals surface area (Å²) in [4.78, 5) is 16.0. The molecule has 1 aromatic rings. The summed E-state index contributed by atoms with van der Waals surface area (Å²) in [6.45, 7) is 4.09. The number of likely N-dealkylation sites (N-methyl/N-ethyl adjacent to an activating group) is 1. The second kappa shape index (κ2) is 6.64. The number of carbonyl (C=O) groups is 1. The number of piperazine rings is 1. The van der Waals surface area contributed by atoms with E-state index >= 15 is 0 Å². The van der Waals surface area contributed by atoms with Gasteiger partial charge in [0.25, 0.3) is 10.1 Å². The molecule has 1 fully saturated rings. The summed E-state index contributed by atoms with van der Waals surface area (Å²) < 4.78 is 31.2. The number of hydrogen-bond donors (Lipinski definition) is 1. The van der Waals surface area contributed by atoms with Gasteiger partial charge >= 0.3 is 5.97 Å². The fourth-order valence-electron chi connectivity index (χ4n) is 2.43. The number of rotatable bonds is 1. The van der Waals surface area contributed by atoms with Crippen molar-refractivity contribution < 1.29 is 22.5 Å². The molecular weight excluding hydrogens is 308 g/mol. The molecular formula is C14H20N2O5S. The van der Waals surface area contributed by atoms with Gasteiger partial charge in [0, 0.05) is 31.7 Å². The van der Waals surface area contributed by atoms with Crippen LogP contribution in [0.1, 0.15) is 5.56 Å². The monoisotopic (exact) mass is 328 g/mol. The first-order valence-corrected chi connectivity index (χ1v) is 8.77. The maximum Gasteiger partial charge on any atom is 0.315 e. The van der Waals surface area contributed by atoms with Crippen LogP contribution in [-0.4, -0.2) is 63.3 Å². The lowest BCUT2D eigenvalue weighted by molar-refractivity contribution is -0.131. The van der Waals surface area contributed by atoms with Crippen LogP contribution in [0, 0.1) is 0 Å². The predicted octanol–water partition coefficient (Wildman–Crippen LogP) is 0.404. The van der Waals surface area contributed by atoms with E-state index in [0.29, 0.717) is 12.7 Å². The number of hydrogen-bond acceptors (Lipinski definition) is 6. The molecule has 0 saturated carbocycles. The van der Waals surface area contributed by atoms with Gasteiger partial charge in [0.2, 0.25) is 0 Å². The van der Waals surface area contributed by atoms with Crippen LogP contribution in [0.5, 0.6) is 5.75 Å². The van der Waals surface area contributed by atoms with E-state index in [-0.39, 0.29) is 5.97 Å². The minimum absolute atomic E-state index is 0.137. The summed E-state index contributed by atoms with van der Waals surface area (Å²) >= 11 is 0. The summed E-state index contributed by atoms with van der Waals surface area (Å²) in [5, 5.41) is 0. The second-order valence-corrected chi connectivity index (χ2v) is 6.91. The van der Waals surface area contributed by atoms with E-state index in [2.05, 4.69) is 16.8 Å². The van der Waals surface area contributed by atoms with Crippen LogP contribution in [0.4, 0.5) is 5.69 Å². The third kappa shape index (κ3) is 4.69. The third-order valence-electron chi connectivity index (χ3n) is 3.47. The molecule has 2 aliphatic rings. The van der Waals surface area contributed by atoms with Gasteiger partial charge in [0.05, 0.1) is 18.4 Å². The number of esters is 1. The molecule has 122 valence electrons. The normalized spacial score (nSPS) is 18.3. The molecule has 0 bridgehead atoms. The summed E-state index contributed by atoms with van der Waals surface area (Å²) in [6, 6.07) is 6.02. The summed E-state index contributed by atoms with van der Waals surface area (Å²) in [7, 11) is -1.53. The van der Waals surface area contributed by atoms with Gasteiger partial charge in [0.15, 0.2) is 5.75 Å². The highest BCUT2D eigenvalue weighted by Crippen LogP contribution is 2.36. The number of ether oxygens (including phenoxy) is 1. The van der Waals surface area contributed by atoms with Gasteiger partial charge in [-0.1, -0.05) is 12.1 Å². The Morgan fingerprint density at radius 2 is 1.77 bits per heavy atom. The minimum atomic E-state index is -3.67. The van der Waals surface area contributed by atoms with Crippen molar-refractivity contribution in [1.82, 2.24) is 4.90 Å². The van der Waals surface area contributed by atoms with Crippen LogP contribution < -0.4 is 9.64 Å². The fourth-order valence-corrected chi connectivity index (χ4v) is 2.43. The van der Waals surface area contributed by atoms with Crippen LogP contribution in [0.15, 0.2) is 18.2 Å². The molecule has 7 nitrogen and oxygen atoms in total. The predicted molar refractivity (Wildman–Crippen MR) is 83.0 cm³/mol. The number of carbonyl (C=O) groups excluding carboxylic acids is 1. The van der Waals surface area contributed by atoms with Crippen LogP contribution >= 0.6 is 0 Å². The van der Waals surface area contributed by atoms with Gasteiger partial charge in [-0.05, 0) is 13.1 Å². The van der Waals surface area contributed by atoms with Crippen LogP contribution in [-0.2, 0) is 21.3 Å². The highest BCUT2D eigenvalue weighted by molar-refractivity contribution is 7.85. The van der Waals surface area contributed by atoms with E-state index in [1.165, 1.54) is 0 Å². The molecule has 0 unspecified atom stereocenters. The molecule has 1 aromatic carbocycles. The lowest BCUT2D eigenvalue weighted by atomic mass is 10.1. The lowest BCUT2D eigenvalue weighted by Gasteiger charge is -2.34. The third-order valence-corrected chi connectivity index (χ3v) is 3.47. The Hall–Kier alpha value is -1.64. The first kappa shape index (κ1) is 16.7. The minimum Gasteiger partial charge on any atom is -0.424 e. The largest absolute Gasteiger partial charge is 0.424 e. The van der Waals surface area contributed by atoms with E-state index in [9.17, 15) is 13.2 Å². The van der Waals surface area contributed by atoms with Crippen LogP contribution in [0.3, 0.4) is 0 Å². The first-order chi connectivity index (χ1) is 10.2. The van der Waals surface area contributed by atoms with Crippen molar-refractivity contribution in [3.63, 3.8) is 0 Å². The summed E-state index contributed by atoms with van der Waals surface area (Å²) in [6.07, 6.45) is 1.13. The average molecular weight is 328 g/mol. The van der Waals surface area contributed by atoms with E-state index < -0.39 is 10.1 Å². The van der Waals surface area contributed by atoms with Crippen molar-refractivity contribution in [2.24, 2.45) is 0 Å². The zero-order valence-electron chi connectivity index (χ0n) is 12.7. The molecule has 2 aliphatic heterocycles. The van der Waals surface area contributed by atoms with Crippen molar-refractivity contribution in [1.29, 1.82) is 0 Å². The lowest BCUT2D eigenvalue weighted by Crippen LogP contribution is -2.44. The maximum absolute atomic E-state index is 11.3. The van der Waals surface area contributed by atoms with Crippen molar-refractivity contribution in [3.05, 3.63) is 23.8 Å². The van der Waals surface area contributed by atoms with E-state index in [1.54, 1.807) is 0 Å². The van der Waals surface area contributed by atoms with Gasteiger partial charge in [-0.3, -0.25) is 9.35 Å². The van der Waals surface area contributed by atoms with Gasteiger partial charge in [-0.15, -0.1) is 0 Å². The van der Waals surface area contributed by atoms with E-state index in [4.69, 9.17) is 9.29 Å².